The fraction of sp³-hybridized carbons (Fsp3) is 0.467. The molecule has 0 radical (unpaired) electrons. The first-order chi connectivity index (χ1) is 11.1. The van der Waals surface area contributed by atoms with Gasteiger partial charge in [0.2, 0.25) is 11.5 Å². The number of hydrogen-bond acceptors (Lipinski definition) is 4. The van der Waals surface area contributed by atoms with Gasteiger partial charge in [-0.1, -0.05) is 0 Å². The van der Waals surface area contributed by atoms with E-state index in [9.17, 15) is 23.1 Å². The van der Waals surface area contributed by atoms with Gasteiger partial charge in [0.05, 0.1) is 12.7 Å². The minimum absolute atomic E-state index is 0.0790. The van der Waals surface area contributed by atoms with Crippen LogP contribution in [0.1, 0.15) is 23.6 Å². The van der Waals surface area contributed by atoms with Crippen LogP contribution in [0.3, 0.4) is 0 Å². The van der Waals surface area contributed by atoms with Gasteiger partial charge in [-0.25, -0.2) is 4.98 Å². The number of imidazole rings is 1. The molecule has 1 N–H and O–H groups in total. The van der Waals surface area contributed by atoms with Crippen molar-refractivity contribution in [1.29, 1.82) is 0 Å². The summed E-state index contributed by atoms with van der Waals surface area (Å²) in [6, 6.07) is 1.63. The number of furan rings is 1. The summed E-state index contributed by atoms with van der Waals surface area (Å²) >= 11 is 0. The molecule has 0 saturated heterocycles. The first-order valence-electron chi connectivity index (χ1n) is 7.10. The summed E-state index contributed by atoms with van der Waals surface area (Å²) in [5.74, 6) is -0.917. The summed E-state index contributed by atoms with van der Waals surface area (Å²) in [5.41, 5.74) is -2.68. The van der Waals surface area contributed by atoms with E-state index in [4.69, 9.17) is 4.42 Å². The van der Waals surface area contributed by atoms with E-state index in [0.717, 1.165) is 15.7 Å². The molecule has 0 bridgehead atoms. The molecule has 0 spiro atoms. The van der Waals surface area contributed by atoms with E-state index >= 15 is 0 Å². The monoisotopic (exact) mass is 345 g/mol. The molecule has 2 aromatic heterocycles. The Bertz CT molecular complexity index is 723. The number of aromatic nitrogens is 2. The molecule has 1 atom stereocenters. The van der Waals surface area contributed by atoms with Gasteiger partial charge in [-0.2, -0.15) is 13.2 Å². The number of amides is 1. The molecule has 0 aliphatic rings. The second-order valence-electron chi connectivity index (χ2n) is 5.65. The molecule has 1 unspecified atom stereocenters. The van der Waals surface area contributed by atoms with E-state index in [2.05, 4.69) is 4.98 Å². The van der Waals surface area contributed by atoms with Gasteiger partial charge < -0.3 is 19.0 Å². The summed E-state index contributed by atoms with van der Waals surface area (Å²) in [6.45, 7) is 1.77. The molecular formula is C15H18F3N3O3. The van der Waals surface area contributed by atoms with Crippen molar-refractivity contribution >= 4 is 5.91 Å². The molecule has 0 aliphatic carbocycles. The summed E-state index contributed by atoms with van der Waals surface area (Å²) in [5, 5.41) is 10.2. The molecule has 24 heavy (non-hydrogen) atoms. The van der Waals surface area contributed by atoms with Gasteiger partial charge >= 0.3 is 6.18 Å². The molecule has 0 fully saturated rings. The maximum atomic E-state index is 13.4. The van der Waals surface area contributed by atoms with Crippen LogP contribution in [0.2, 0.25) is 0 Å². The van der Waals surface area contributed by atoms with Crippen LogP contribution in [0, 0.1) is 6.92 Å². The van der Waals surface area contributed by atoms with Crippen LogP contribution in [0.25, 0.3) is 0 Å². The zero-order chi connectivity index (χ0) is 18.1. The van der Waals surface area contributed by atoms with Crippen molar-refractivity contribution in [3.63, 3.8) is 0 Å². The minimum Gasteiger partial charge on any atom is -0.469 e. The highest BCUT2D eigenvalue weighted by Gasteiger charge is 2.58. The van der Waals surface area contributed by atoms with Crippen LogP contribution in [-0.2, 0) is 24.0 Å². The van der Waals surface area contributed by atoms with E-state index < -0.39 is 29.9 Å². The Kier molecular flexibility index (Phi) is 4.75. The number of hydrogen-bond donors (Lipinski definition) is 1. The predicted octanol–water partition coefficient (Wildman–Crippen LogP) is 2.12. The number of aliphatic hydroxyl groups is 1. The van der Waals surface area contributed by atoms with Gasteiger partial charge in [-0.15, -0.1) is 0 Å². The quantitative estimate of drug-likeness (QED) is 0.901. The third-order valence-corrected chi connectivity index (χ3v) is 3.87. The fourth-order valence-corrected chi connectivity index (χ4v) is 2.34. The summed E-state index contributed by atoms with van der Waals surface area (Å²) in [7, 11) is 2.69. The van der Waals surface area contributed by atoms with Gasteiger partial charge in [0.25, 0.3) is 0 Å². The maximum absolute atomic E-state index is 13.4. The van der Waals surface area contributed by atoms with Crippen LogP contribution in [0.15, 0.2) is 29.1 Å². The Morgan fingerprint density at radius 3 is 2.58 bits per heavy atom. The molecule has 1 amide bonds. The molecule has 0 aromatic carbocycles. The fourth-order valence-electron chi connectivity index (χ4n) is 2.34. The van der Waals surface area contributed by atoms with E-state index in [1.807, 2.05) is 0 Å². The van der Waals surface area contributed by atoms with E-state index in [1.165, 1.54) is 26.6 Å². The maximum Gasteiger partial charge on any atom is 0.425 e. The lowest BCUT2D eigenvalue weighted by Crippen LogP contribution is -2.48. The zero-order valence-electron chi connectivity index (χ0n) is 13.5. The first kappa shape index (κ1) is 18.1. The Balaban J connectivity index is 2.22. The second kappa shape index (κ2) is 6.31. The molecule has 0 saturated carbocycles. The molecule has 0 aliphatic heterocycles. The Morgan fingerprint density at radius 1 is 1.46 bits per heavy atom. The van der Waals surface area contributed by atoms with Crippen molar-refractivity contribution in [3.05, 3.63) is 41.9 Å². The van der Waals surface area contributed by atoms with E-state index in [-0.39, 0.29) is 6.54 Å². The molecule has 2 rings (SSSR count). The zero-order valence-corrected chi connectivity index (χ0v) is 13.5. The molecule has 132 valence electrons. The van der Waals surface area contributed by atoms with Crippen molar-refractivity contribution < 1.29 is 27.5 Å². The van der Waals surface area contributed by atoms with E-state index in [1.54, 1.807) is 13.0 Å². The smallest absolute Gasteiger partial charge is 0.425 e. The number of aryl methyl sites for hydroxylation is 2. The normalized spacial score (nSPS) is 14.5. The number of nitrogens with zero attached hydrogens (tertiary/aromatic N) is 3. The average Bonchev–Trinajstić information content (AvgIpc) is 3.07. The number of alkyl halides is 3. The molecule has 9 heteroatoms. The highest BCUT2D eigenvalue weighted by atomic mass is 19.4. The summed E-state index contributed by atoms with van der Waals surface area (Å²) in [6.07, 6.45) is -2.37. The Hall–Kier alpha value is -2.29. The standard InChI is InChI=1S/C15H18F3N3O3/c1-10-11(4-7-24-10)9-21(3)12(22)8-14(23,15(16,17)18)13-19-5-6-20(13)2/h4-7,23H,8-9H2,1-3H3. The van der Waals surface area contributed by atoms with Crippen molar-refractivity contribution in [3.8, 4) is 0 Å². The number of carbonyl (C=O) groups is 1. The van der Waals surface area contributed by atoms with Gasteiger partial charge in [0.1, 0.15) is 5.76 Å². The van der Waals surface area contributed by atoms with Gasteiger partial charge in [-0.05, 0) is 13.0 Å². The predicted molar refractivity (Wildman–Crippen MR) is 77.7 cm³/mol. The molecule has 6 nitrogen and oxygen atoms in total. The lowest BCUT2D eigenvalue weighted by Gasteiger charge is -2.31. The third kappa shape index (κ3) is 3.30. The first-order valence-corrected chi connectivity index (χ1v) is 7.10. The van der Waals surface area contributed by atoms with Crippen molar-refractivity contribution in [2.24, 2.45) is 7.05 Å². The number of carbonyl (C=O) groups excluding carboxylic acids is 1. The van der Waals surface area contributed by atoms with Crippen LogP contribution in [0.4, 0.5) is 13.2 Å². The summed E-state index contributed by atoms with van der Waals surface area (Å²) in [4.78, 5) is 16.9. The average molecular weight is 345 g/mol. The molecule has 2 aromatic rings. The molecule has 2 heterocycles. The van der Waals surface area contributed by atoms with Gasteiger partial charge in [0.15, 0.2) is 5.82 Å². The largest absolute Gasteiger partial charge is 0.469 e. The topological polar surface area (TPSA) is 71.5 Å². The second-order valence-corrected chi connectivity index (χ2v) is 5.65. The Labute approximate surface area is 136 Å². The lowest BCUT2D eigenvalue weighted by molar-refractivity contribution is -0.271. The van der Waals surface area contributed by atoms with Crippen molar-refractivity contribution in [1.82, 2.24) is 14.5 Å². The minimum atomic E-state index is -5.05. The van der Waals surface area contributed by atoms with Crippen molar-refractivity contribution in [2.45, 2.75) is 31.7 Å². The van der Waals surface area contributed by atoms with Crippen LogP contribution in [-0.4, -0.2) is 38.7 Å². The number of rotatable bonds is 5. The van der Waals surface area contributed by atoms with Crippen LogP contribution >= 0.6 is 0 Å². The highest BCUT2D eigenvalue weighted by molar-refractivity contribution is 5.77. The van der Waals surface area contributed by atoms with Crippen LogP contribution < -0.4 is 0 Å². The molecular weight excluding hydrogens is 327 g/mol. The Morgan fingerprint density at radius 2 is 2.12 bits per heavy atom. The summed E-state index contributed by atoms with van der Waals surface area (Å²) < 4.78 is 46.4. The lowest BCUT2D eigenvalue weighted by atomic mass is 9.96. The van der Waals surface area contributed by atoms with Crippen LogP contribution in [0.5, 0.6) is 0 Å². The third-order valence-electron chi connectivity index (χ3n) is 3.87. The van der Waals surface area contributed by atoms with Crippen molar-refractivity contribution in [2.75, 3.05) is 7.05 Å². The van der Waals surface area contributed by atoms with E-state index in [0.29, 0.717) is 11.3 Å². The van der Waals surface area contributed by atoms with Gasteiger partial charge in [0, 0.05) is 38.6 Å². The SMILES string of the molecule is Cc1occc1CN(C)C(=O)CC(O)(c1nccn1C)C(F)(F)F. The highest BCUT2D eigenvalue weighted by Crippen LogP contribution is 2.41. The number of halogens is 3. The van der Waals surface area contributed by atoms with Gasteiger partial charge in [-0.3, -0.25) is 4.79 Å².